The van der Waals surface area contributed by atoms with Crippen LogP contribution in [0.5, 0.6) is 0 Å². The Hall–Kier alpha value is 0.230. The Morgan fingerprint density at radius 3 is 2.54 bits per heavy atom. The number of rotatable bonds is 3. The van der Waals surface area contributed by atoms with Gasteiger partial charge < -0.3 is 0 Å². The molecule has 0 aliphatic heterocycles. The molecule has 2 nitrogen and oxygen atoms in total. The molecule has 0 spiro atoms. The first-order chi connectivity index (χ1) is 5.88. The second kappa shape index (κ2) is 4.17. The number of hydrogen-bond donors (Lipinski definition) is 0. The molecule has 0 bridgehead atoms. The van der Waals surface area contributed by atoms with Gasteiger partial charge in [0.05, 0.1) is 10.1 Å². The summed E-state index contributed by atoms with van der Waals surface area (Å²) < 4.78 is 22.2. The third kappa shape index (κ3) is 3.85. The maximum absolute atomic E-state index is 10.8. The topological polar surface area (TPSA) is 34.1 Å². The van der Waals surface area contributed by atoms with Crippen LogP contribution in [0.3, 0.4) is 0 Å². The molecule has 1 unspecified atom stereocenters. The Morgan fingerprint density at radius 2 is 2.15 bits per heavy atom. The van der Waals surface area contributed by atoms with Crippen LogP contribution in [-0.2, 0) is 9.05 Å². The van der Waals surface area contributed by atoms with E-state index >= 15 is 0 Å². The van der Waals surface area contributed by atoms with Crippen molar-refractivity contribution in [2.45, 2.75) is 12.8 Å². The van der Waals surface area contributed by atoms with Crippen LogP contribution in [0.4, 0.5) is 0 Å². The molecule has 13 heavy (non-hydrogen) atoms. The van der Waals surface area contributed by atoms with E-state index in [-0.39, 0.29) is 11.7 Å². The average Bonchev–Trinajstić information content (AvgIpc) is 2.31. The van der Waals surface area contributed by atoms with Crippen molar-refractivity contribution in [1.29, 1.82) is 0 Å². The van der Waals surface area contributed by atoms with Crippen molar-refractivity contribution in [3.8, 4) is 0 Å². The predicted molar refractivity (Wildman–Crippen MR) is 57.4 cm³/mol. The van der Waals surface area contributed by atoms with Crippen LogP contribution in [0.15, 0.2) is 12.1 Å². The van der Waals surface area contributed by atoms with Crippen molar-refractivity contribution in [3.05, 3.63) is 21.3 Å². The van der Waals surface area contributed by atoms with Gasteiger partial charge in [0.15, 0.2) is 0 Å². The molecular weight excluding hydrogens is 251 g/mol. The standard InChI is InChI=1S/C7H8Cl2O2S2/c1-5(4-13(9,10)11)6-2-3-7(8)12-6/h2-3,5H,4H2,1H3. The van der Waals surface area contributed by atoms with E-state index in [1.165, 1.54) is 11.3 Å². The molecule has 1 aromatic rings. The van der Waals surface area contributed by atoms with Crippen molar-refractivity contribution in [2.75, 3.05) is 5.75 Å². The van der Waals surface area contributed by atoms with Gasteiger partial charge in [-0.25, -0.2) is 8.42 Å². The third-order valence-corrected chi connectivity index (χ3v) is 4.27. The zero-order chi connectivity index (χ0) is 10.1. The molecule has 0 N–H and O–H groups in total. The van der Waals surface area contributed by atoms with Gasteiger partial charge in [-0.05, 0) is 12.1 Å². The van der Waals surface area contributed by atoms with Crippen LogP contribution >= 0.6 is 33.6 Å². The highest BCUT2D eigenvalue weighted by atomic mass is 35.7. The van der Waals surface area contributed by atoms with E-state index in [1.54, 1.807) is 6.07 Å². The Bertz CT molecular complexity index is 383. The summed E-state index contributed by atoms with van der Waals surface area (Å²) in [6.07, 6.45) is 0. The Labute approximate surface area is 90.9 Å². The smallest absolute Gasteiger partial charge is 0.212 e. The number of hydrogen-bond acceptors (Lipinski definition) is 3. The van der Waals surface area contributed by atoms with Crippen LogP contribution in [0, 0.1) is 0 Å². The van der Waals surface area contributed by atoms with Gasteiger partial charge in [0.1, 0.15) is 0 Å². The van der Waals surface area contributed by atoms with E-state index in [2.05, 4.69) is 0 Å². The van der Waals surface area contributed by atoms with Crippen LogP contribution in [-0.4, -0.2) is 14.2 Å². The lowest BCUT2D eigenvalue weighted by molar-refractivity contribution is 0.605. The highest BCUT2D eigenvalue weighted by Crippen LogP contribution is 2.29. The van der Waals surface area contributed by atoms with Crippen molar-refractivity contribution in [3.63, 3.8) is 0 Å². The molecule has 0 saturated carbocycles. The van der Waals surface area contributed by atoms with Gasteiger partial charge in [0, 0.05) is 21.5 Å². The first-order valence-electron chi connectivity index (χ1n) is 3.56. The van der Waals surface area contributed by atoms with Crippen molar-refractivity contribution in [2.24, 2.45) is 0 Å². The summed E-state index contributed by atoms with van der Waals surface area (Å²) in [6, 6.07) is 3.57. The van der Waals surface area contributed by atoms with Gasteiger partial charge in [-0.3, -0.25) is 0 Å². The molecule has 1 heterocycles. The third-order valence-electron chi connectivity index (χ3n) is 1.53. The van der Waals surface area contributed by atoms with Crippen LogP contribution in [0.1, 0.15) is 17.7 Å². The second-order valence-corrected chi connectivity index (χ2v) is 7.32. The van der Waals surface area contributed by atoms with Gasteiger partial charge in [0.25, 0.3) is 0 Å². The fourth-order valence-electron chi connectivity index (χ4n) is 0.974. The summed E-state index contributed by atoms with van der Waals surface area (Å²) in [5.41, 5.74) is 0. The summed E-state index contributed by atoms with van der Waals surface area (Å²) in [6.45, 7) is 1.81. The second-order valence-electron chi connectivity index (χ2n) is 2.75. The van der Waals surface area contributed by atoms with Crippen molar-refractivity contribution >= 4 is 42.7 Å². The minimum atomic E-state index is -3.43. The highest BCUT2D eigenvalue weighted by molar-refractivity contribution is 8.13. The summed E-state index contributed by atoms with van der Waals surface area (Å²) >= 11 is 7.09. The van der Waals surface area contributed by atoms with E-state index in [0.29, 0.717) is 4.34 Å². The maximum atomic E-state index is 10.8. The zero-order valence-corrected chi connectivity index (χ0v) is 9.97. The lowest BCUT2D eigenvalue weighted by atomic mass is 10.2. The molecule has 0 saturated heterocycles. The Morgan fingerprint density at radius 1 is 1.54 bits per heavy atom. The minimum absolute atomic E-state index is 0.0502. The van der Waals surface area contributed by atoms with Crippen LogP contribution in [0.25, 0.3) is 0 Å². The largest absolute Gasteiger partial charge is 0.233 e. The molecule has 0 amide bonds. The Kier molecular flexibility index (Phi) is 3.63. The summed E-state index contributed by atoms with van der Waals surface area (Å²) in [5.74, 6) is -0.147. The summed E-state index contributed by atoms with van der Waals surface area (Å²) in [5, 5.41) is 0. The normalized spacial score (nSPS) is 14.4. The van der Waals surface area contributed by atoms with E-state index < -0.39 is 9.05 Å². The first-order valence-corrected chi connectivity index (χ1v) is 7.23. The van der Waals surface area contributed by atoms with Crippen molar-refractivity contribution < 1.29 is 8.42 Å². The monoisotopic (exact) mass is 258 g/mol. The quantitative estimate of drug-likeness (QED) is 0.782. The van der Waals surface area contributed by atoms with Gasteiger partial charge in [0.2, 0.25) is 9.05 Å². The van der Waals surface area contributed by atoms with E-state index in [0.717, 1.165) is 4.88 Å². The molecule has 1 rings (SSSR count). The SMILES string of the molecule is CC(CS(=O)(=O)Cl)c1ccc(Cl)s1. The Balaban J connectivity index is 2.75. The number of halogens is 2. The summed E-state index contributed by atoms with van der Waals surface area (Å²) in [7, 11) is 1.70. The average molecular weight is 259 g/mol. The van der Waals surface area contributed by atoms with Crippen LogP contribution in [0.2, 0.25) is 4.34 Å². The molecule has 0 aliphatic rings. The predicted octanol–water partition coefficient (Wildman–Crippen LogP) is 3.07. The zero-order valence-electron chi connectivity index (χ0n) is 6.83. The molecule has 1 atom stereocenters. The minimum Gasteiger partial charge on any atom is -0.212 e. The molecule has 0 fully saturated rings. The van der Waals surface area contributed by atoms with E-state index in [9.17, 15) is 8.42 Å². The van der Waals surface area contributed by atoms with Gasteiger partial charge >= 0.3 is 0 Å². The van der Waals surface area contributed by atoms with E-state index in [4.69, 9.17) is 22.3 Å². The fraction of sp³-hybridized carbons (Fsp3) is 0.429. The summed E-state index contributed by atoms with van der Waals surface area (Å²) in [4.78, 5) is 0.939. The first kappa shape index (κ1) is 11.3. The van der Waals surface area contributed by atoms with Gasteiger partial charge in [-0.15, -0.1) is 11.3 Å². The molecule has 0 aliphatic carbocycles. The molecule has 6 heteroatoms. The van der Waals surface area contributed by atoms with Gasteiger partial charge in [-0.1, -0.05) is 18.5 Å². The molecule has 0 radical (unpaired) electrons. The van der Waals surface area contributed by atoms with Crippen molar-refractivity contribution in [1.82, 2.24) is 0 Å². The lowest BCUT2D eigenvalue weighted by Crippen LogP contribution is -2.05. The molecule has 1 aromatic heterocycles. The number of thiophene rings is 1. The van der Waals surface area contributed by atoms with Gasteiger partial charge in [-0.2, -0.15) is 0 Å². The molecular formula is C7H8Cl2O2S2. The van der Waals surface area contributed by atoms with E-state index in [1.807, 2.05) is 13.0 Å². The maximum Gasteiger partial charge on any atom is 0.233 e. The lowest BCUT2D eigenvalue weighted by Gasteiger charge is -2.04. The van der Waals surface area contributed by atoms with Crippen LogP contribution < -0.4 is 0 Å². The molecule has 74 valence electrons. The molecule has 0 aromatic carbocycles. The fourth-order valence-corrected chi connectivity index (χ4v) is 3.54. The highest BCUT2D eigenvalue weighted by Gasteiger charge is 2.15.